The van der Waals surface area contributed by atoms with Crippen molar-refractivity contribution in [1.82, 2.24) is 14.9 Å². The molecule has 0 fully saturated rings. The van der Waals surface area contributed by atoms with Crippen LogP contribution in [0.5, 0.6) is 0 Å². The van der Waals surface area contributed by atoms with E-state index >= 15 is 0 Å². The molecule has 3 aromatic rings. The Kier molecular flexibility index (Phi) is 7.71. The fourth-order valence-corrected chi connectivity index (χ4v) is 4.78. The number of fused-ring (bicyclic) bond motifs is 1. The summed E-state index contributed by atoms with van der Waals surface area (Å²) in [6.45, 7) is 7.87. The van der Waals surface area contributed by atoms with Gasteiger partial charge >= 0.3 is 0 Å². The summed E-state index contributed by atoms with van der Waals surface area (Å²) in [5.41, 5.74) is 3.53. The van der Waals surface area contributed by atoms with Gasteiger partial charge in [0.15, 0.2) is 0 Å². The van der Waals surface area contributed by atoms with Gasteiger partial charge in [-0.1, -0.05) is 23.7 Å². The van der Waals surface area contributed by atoms with Crippen LogP contribution < -0.4 is 9.80 Å². The molecular weight excluding hydrogens is 474 g/mol. The number of anilines is 2. The number of aromatic nitrogens is 2. The van der Waals surface area contributed by atoms with Crippen LogP contribution in [-0.2, 0) is 29.1 Å². The molecule has 0 N–H and O–H groups in total. The third-order valence-corrected chi connectivity index (χ3v) is 7.08. The number of amides is 2. The maximum atomic E-state index is 13.2. The summed E-state index contributed by atoms with van der Waals surface area (Å²) >= 11 is 6.45. The van der Waals surface area contributed by atoms with Crippen molar-refractivity contribution < 1.29 is 9.59 Å². The van der Waals surface area contributed by atoms with E-state index in [-0.39, 0.29) is 11.8 Å². The van der Waals surface area contributed by atoms with E-state index in [1.807, 2.05) is 37.4 Å². The van der Waals surface area contributed by atoms with Gasteiger partial charge in [0.05, 0.1) is 11.4 Å². The van der Waals surface area contributed by atoms with E-state index in [1.165, 1.54) is 0 Å². The monoisotopic (exact) mass is 505 g/mol. The minimum atomic E-state index is -1.13. The van der Waals surface area contributed by atoms with Crippen molar-refractivity contribution in [3.8, 4) is 0 Å². The zero-order valence-corrected chi connectivity index (χ0v) is 22.0. The molecule has 188 valence electrons. The molecular formula is C28H32ClN5O2. The second-order valence-corrected chi connectivity index (χ2v) is 10.1. The van der Waals surface area contributed by atoms with Gasteiger partial charge in [0, 0.05) is 68.6 Å². The molecule has 0 bridgehead atoms. The predicted molar refractivity (Wildman–Crippen MR) is 143 cm³/mol. The number of pyridine rings is 2. The van der Waals surface area contributed by atoms with Crippen molar-refractivity contribution in [3.63, 3.8) is 0 Å². The van der Waals surface area contributed by atoms with Crippen LogP contribution in [0.25, 0.3) is 0 Å². The average Bonchev–Trinajstić information content (AvgIpc) is 2.93. The highest BCUT2D eigenvalue weighted by Crippen LogP contribution is 2.39. The summed E-state index contributed by atoms with van der Waals surface area (Å²) in [6, 6.07) is 11.8. The summed E-state index contributed by atoms with van der Waals surface area (Å²) < 4.78 is 0. The number of nitrogens with zero attached hydrogens (tertiary/aromatic N) is 5. The van der Waals surface area contributed by atoms with Gasteiger partial charge in [-0.05, 0) is 62.6 Å². The SMILES string of the molecule is CCN1C(=O)C(C)(C)C(=O)N(C)c2cc(CN(CCc3cccnc3)Cc3cnccc3Cl)ccc21. The molecule has 3 heterocycles. The average molecular weight is 506 g/mol. The molecule has 0 radical (unpaired) electrons. The number of hydrogen-bond donors (Lipinski definition) is 0. The smallest absolute Gasteiger partial charge is 0.242 e. The van der Waals surface area contributed by atoms with Crippen molar-refractivity contribution >= 4 is 34.8 Å². The van der Waals surface area contributed by atoms with Gasteiger partial charge in [-0.2, -0.15) is 0 Å². The molecule has 1 aromatic carbocycles. The molecule has 1 aliphatic heterocycles. The summed E-state index contributed by atoms with van der Waals surface area (Å²) in [5, 5.41) is 0.683. The Hall–Kier alpha value is -3.29. The number of carbonyl (C=O) groups is 2. The lowest BCUT2D eigenvalue weighted by atomic mass is 9.90. The maximum absolute atomic E-state index is 13.2. The number of rotatable bonds is 8. The zero-order chi connectivity index (χ0) is 25.9. The van der Waals surface area contributed by atoms with Gasteiger partial charge in [-0.15, -0.1) is 0 Å². The van der Waals surface area contributed by atoms with Crippen LogP contribution >= 0.6 is 11.6 Å². The van der Waals surface area contributed by atoms with Crippen molar-refractivity contribution in [2.24, 2.45) is 5.41 Å². The van der Waals surface area contributed by atoms with Crippen LogP contribution in [0.1, 0.15) is 37.5 Å². The minimum Gasteiger partial charge on any atom is -0.313 e. The first-order valence-corrected chi connectivity index (χ1v) is 12.5. The molecule has 7 nitrogen and oxygen atoms in total. The summed E-state index contributed by atoms with van der Waals surface area (Å²) in [6.07, 6.45) is 7.98. The van der Waals surface area contributed by atoms with Crippen LogP contribution in [-0.4, -0.2) is 46.8 Å². The molecule has 36 heavy (non-hydrogen) atoms. The molecule has 0 saturated heterocycles. The van der Waals surface area contributed by atoms with E-state index in [4.69, 9.17) is 11.6 Å². The van der Waals surface area contributed by atoms with E-state index in [0.29, 0.717) is 24.7 Å². The van der Waals surface area contributed by atoms with Crippen molar-refractivity contribution in [2.45, 2.75) is 40.3 Å². The Morgan fingerprint density at radius 1 is 0.944 bits per heavy atom. The van der Waals surface area contributed by atoms with Gasteiger partial charge in [-0.25, -0.2) is 0 Å². The molecule has 2 amide bonds. The molecule has 0 aliphatic carbocycles. The molecule has 8 heteroatoms. The molecule has 0 spiro atoms. The van der Waals surface area contributed by atoms with Crippen LogP contribution in [0.4, 0.5) is 11.4 Å². The van der Waals surface area contributed by atoms with Crippen molar-refractivity contribution in [3.05, 3.63) is 82.9 Å². The first kappa shape index (κ1) is 25.8. The van der Waals surface area contributed by atoms with E-state index in [9.17, 15) is 9.59 Å². The zero-order valence-electron chi connectivity index (χ0n) is 21.2. The summed E-state index contributed by atoms with van der Waals surface area (Å²) in [4.78, 5) is 40.5. The van der Waals surface area contributed by atoms with Crippen LogP contribution in [0.15, 0.2) is 61.2 Å². The van der Waals surface area contributed by atoms with Gasteiger partial charge in [0.25, 0.3) is 0 Å². The summed E-state index contributed by atoms with van der Waals surface area (Å²) in [7, 11) is 1.74. The quantitative estimate of drug-likeness (QED) is 0.414. The largest absolute Gasteiger partial charge is 0.313 e. The number of halogens is 1. The topological polar surface area (TPSA) is 69.6 Å². The Morgan fingerprint density at radius 3 is 2.42 bits per heavy atom. The van der Waals surface area contributed by atoms with E-state index < -0.39 is 5.41 Å². The predicted octanol–water partition coefficient (Wildman–Crippen LogP) is 4.73. The Labute approximate surface area is 217 Å². The van der Waals surface area contributed by atoms with Gasteiger partial charge in [0.1, 0.15) is 5.41 Å². The molecule has 1 aliphatic rings. The van der Waals surface area contributed by atoms with Crippen LogP contribution in [0, 0.1) is 5.41 Å². The van der Waals surface area contributed by atoms with Gasteiger partial charge in [-0.3, -0.25) is 24.5 Å². The standard InChI is InChI=1S/C28H32ClN5O2/c1-5-34-24-9-8-21(15-25(24)32(4)26(35)28(2,3)27(34)36)18-33(14-11-20-7-6-12-30-16-20)19-22-17-31-13-10-23(22)29/h6-10,12-13,15-17H,5,11,14,18-19H2,1-4H3. The number of hydrogen-bond acceptors (Lipinski definition) is 5. The Bertz CT molecular complexity index is 1250. The molecule has 2 aromatic heterocycles. The molecule has 4 rings (SSSR count). The fraction of sp³-hybridized carbons (Fsp3) is 0.357. The number of benzene rings is 1. The Morgan fingerprint density at radius 2 is 1.72 bits per heavy atom. The fourth-order valence-electron chi connectivity index (χ4n) is 4.62. The minimum absolute atomic E-state index is 0.183. The molecule has 0 atom stereocenters. The van der Waals surface area contributed by atoms with Crippen molar-refractivity contribution in [2.75, 3.05) is 29.9 Å². The van der Waals surface area contributed by atoms with Crippen LogP contribution in [0.3, 0.4) is 0 Å². The Balaban J connectivity index is 1.64. The molecule has 0 saturated carbocycles. The van der Waals surface area contributed by atoms with E-state index in [1.54, 1.807) is 55.4 Å². The maximum Gasteiger partial charge on any atom is 0.242 e. The summed E-state index contributed by atoms with van der Waals surface area (Å²) in [5.74, 6) is -0.393. The highest BCUT2D eigenvalue weighted by Gasteiger charge is 2.45. The van der Waals surface area contributed by atoms with Crippen LogP contribution in [0.2, 0.25) is 5.02 Å². The molecule has 0 unspecified atom stereocenters. The van der Waals surface area contributed by atoms with Gasteiger partial charge in [0.2, 0.25) is 11.8 Å². The second-order valence-electron chi connectivity index (χ2n) is 9.65. The normalized spacial score (nSPS) is 15.3. The van der Waals surface area contributed by atoms with E-state index in [0.717, 1.165) is 41.0 Å². The second kappa shape index (κ2) is 10.8. The van der Waals surface area contributed by atoms with Gasteiger partial charge < -0.3 is 9.80 Å². The third-order valence-electron chi connectivity index (χ3n) is 6.71. The number of carbonyl (C=O) groups excluding carboxylic acids is 2. The first-order valence-electron chi connectivity index (χ1n) is 12.1. The van der Waals surface area contributed by atoms with E-state index in [2.05, 4.69) is 20.9 Å². The lowest BCUT2D eigenvalue weighted by Crippen LogP contribution is -2.47. The highest BCUT2D eigenvalue weighted by molar-refractivity contribution is 6.31. The lowest BCUT2D eigenvalue weighted by molar-refractivity contribution is -0.137. The van der Waals surface area contributed by atoms with Crippen molar-refractivity contribution in [1.29, 1.82) is 0 Å². The highest BCUT2D eigenvalue weighted by atomic mass is 35.5. The third kappa shape index (κ3) is 5.27. The first-order chi connectivity index (χ1) is 17.2. The lowest BCUT2D eigenvalue weighted by Gasteiger charge is -2.27.